The van der Waals surface area contributed by atoms with Crippen molar-refractivity contribution in [3.05, 3.63) is 84.3 Å². The summed E-state index contributed by atoms with van der Waals surface area (Å²) in [5.74, 6) is 0.445. The Kier molecular flexibility index (Phi) is 6.33. The fourth-order valence-electron chi connectivity index (χ4n) is 3.37. The lowest BCUT2D eigenvalue weighted by Gasteiger charge is -2.16. The number of hydrogen-bond donors (Lipinski definition) is 1. The molecular formula is C24H24FN5O. The van der Waals surface area contributed by atoms with E-state index in [-0.39, 0.29) is 18.6 Å². The van der Waals surface area contributed by atoms with E-state index in [9.17, 15) is 4.39 Å². The first-order valence-electron chi connectivity index (χ1n) is 10.2. The van der Waals surface area contributed by atoms with Crippen molar-refractivity contribution in [3.63, 3.8) is 0 Å². The molecule has 0 fully saturated rings. The number of aromatic nitrogens is 4. The molecule has 7 heteroatoms. The Balaban J connectivity index is 1.70. The number of benzene rings is 2. The van der Waals surface area contributed by atoms with Crippen molar-refractivity contribution in [1.82, 2.24) is 20.0 Å². The van der Waals surface area contributed by atoms with E-state index < -0.39 is 0 Å². The SMILES string of the molecule is CCOCn1nnc(-c2ccc(F)cc2)c1-c1ccnc(N[C@@H](C)c2ccccc2)c1. The van der Waals surface area contributed by atoms with Gasteiger partial charge in [-0.3, -0.25) is 0 Å². The summed E-state index contributed by atoms with van der Waals surface area (Å²) in [6.07, 6.45) is 1.75. The van der Waals surface area contributed by atoms with Gasteiger partial charge in [-0.1, -0.05) is 35.5 Å². The van der Waals surface area contributed by atoms with Crippen LogP contribution in [0.5, 0.6) is 0 Å². The molecule has 0 saturated heterocycles. The first-order chi connectivity index (χ1) is 15.2. The van der Waals surface area contributed by atoms with E-state index in [2.05, 4.69) is 39.7 Å². The van der Waals surface area contributed by atoms with E-state index in [1.165, 1.54) is 17.7 Å². The summed E-state index contributed by atoms with van der Waals surface area (Å²) >= 11 is 0. The second-order valence-electron chi connectivity index (χ2n) is 7.12. The number of ether oxygens (including phenoxy) is 1. The zero-order valence-corrected chi connectivity index (χ0v) is 17.5. The highest BCUT2D eigenvalue weighted by Crippen LogP contribution is 2.32. The molecule has 0 aliphatic rings. The van der Waals surface area contributed by atoms with E-state index in [1.807, 2.05) is 37.3 Å². The molecule has 158 valence electrons. The van der Waals surface area contributed by atoms with Crippen LogP contribution >= 0.6 is 0 Å². The molecule has 0 bridgehead atoms. The van der Waals surface area contributed by atoms with Gasteiger partial charge in [0, 0.05) is 30.0 Å². The topological polar surface area (TPSA) is 64.9 Å². The lowest BCUT2D eigenvalue weighted by atomic mass is 10.0. The first-order valence-corrected chi connectivity index (χ1v) is 10.2. The third-order valence-corrected chi connectivity index (χ3v) is 4.97. The van der Waals surface area contributed by atoms with Gasteiger partial charge in [0.1, 0.15) is 24.1 Å². The highest BCUT2D eigenvalue weighted by Gasteiger charge is 2.18. The molecule has 0 saturated carbocycles. The Morgan fingerprint density at radius 2 is 1.81 bits per heavy atom. The van der Waals surface area contributed by atoms with Crippen LogP contribution in [-0.4, -0.2) is 26.6 Å². The molecule has 1 N–H and O–H groups in total. The largest absolute Gasteiger partial charge is 0.364 e. The van der Waals surface area contributed by atoms with Crippen LogP contribution < -0.4 is 5.32 Å². The van der Waals surface area contributed by atoms with Gasteiger partial charge < -0.3 is 10.1 Å². The molecule has 0 amide bonds. The summed E-state index contributed by atoms with van der Waals surface area (Å²) in [4.78, 5) is 4.48. The molecule has 2 aromatic heterocycles. The molecule has 4 rings (SSSR count). The van der Waals surface area contributed by atoms with Crippen LogP contribution in [0.25, 0.3) is 22.5 Å². The standard InChI is InChI=1S/C24H24FN5O/c1-3-31-16-30-24(23(28-29-30)19-9-11-21(25)12-10-19)20-13-14-26-22(15-20)27-17(2)18-7-5-4-6-8-18/h4-15,17H,3,16H2,1-2H3,(H,26,27)/t17-/m0/s1. The lowest BCUT2D eigenvalue weighted by molar-refractivity contribution is 0.0790. The number of nitrogens with one attached hydrogen (secondary N) is 1. The van der Waals surface area contributed by atoms with E-state index in [4.69, 9.17) is 4.74 Å². The van der Waals surface area contributed by atoms with Crippen molar-refractivity contribution in [2.75, 3.05) is 11.9 Å². The molecular weight excluding hydrogens is 393 g/mol. The highest BCUT2D eigenvalue weighted by atomic mass is 19.1. The monoisotopic (exact) mass is 417 g/mol. The van der Waals surface area contributed by atoms with Gasteiger partial charge >= 0.3 is 0 Å². The van der Waals surface area contributed by atoms with E-state index in [1.54, 1.807) is 23.0 Å². The van der Waals surface area contributed by atoms with Gasteiger partial charge in [-0.2, -0.15) is 0 Å². The fraction of sp³-hybridized carbons (Fsp3) is 0.208. The quantitative estimate of drug-likeness (QED) is 0.421. The zero-order chi connectivity index (χ0) is 21.6. The van der Waals surface area contributed by atoms with E-state index in [0.717, 1.165) is 22.6 Å². The molecule has 0 radical (unpaired) electrons. The maximum absolute atomic E-state index is 13.4. The maximum Gasteiger partial charge on any atom is 0.141 e. The highest BCUT2D eigenvalue weighted by molar-refractivity contribution is 5.78. The summed E-state index contributed by atoms with van der Waals surface area (Å²) in [7, 11) is 0. The molecule has 0 spiro atoms. The fourth-order valence-corrected chi connectivity index (χ4v) is 3.37. The lowest BCUT2D eigenvalue weighted by Crippen LogP contribution is -2.09. The zero-order valence-electron chi connectivity index (χ0n) is 17.5. The predicted octanol–water partition coefficient (Wildman–Crippen LogP) is 5.31. The second-order valence-corrected chi connectivity index (χ2v) is 7.12. The summed E-state index contributed by atoms with van der Waals surface area (Å²) in [6, 6.07) is 20.4. The van der Waals surface area contributed by atoms with Crippen molar-refractivity contribution in [2.45, 2.75) is 26.6 Å². The van der Waals surface area contributed by atoms with Gasteiger partial charge in [-0.25, -0.2) is 14.1 Å². The molecule has 1 atom stereocenters. The average Bonchev–Trinajstić information content (AvgIpc) is 3.23. The van der Waals surface area contributed by atoms with Crippen molar-refractivity contribution in [3.8, 4) is 22.5 Å². The Bertz CT molecular complexity index is 1130. The maximum atomic E-state index is 13.4. The van der Waals surface area contributed by atoms with Crippen molar-refractivity contribution >= 4 is 5.82 Å². The molecule has 2 aromatic carbocycles. The van der Waals surface area contributed by atoms with Crippen LogP contribution in [0.3, 0.4) is 0 Å². The minimum Gasteiger partial charge on any atom is -0.364 e. The number of anilines is 1. The Morgan fingerprint density at radius 3 is 2.55 bits per heavy atom. The number of halogens is 1. The minimum atomic E-state index is -0.294. The molecule has 0 aliphatic heterocycles. The Morgan fingerprint density at radius 1 is 1.03 bits per heavy atom. The van der Waals surface area contributed by atoms with Crippen molar-refractivity contribution in [1.29, 1.82) is 0 Å². The van der Waals surface area contributed by atoms with Gasteiger partial charge in [-0.15, -0.1) is 5.10 Å². The van der Waals surface area contributed by atoms with Gasteiger partial charge in [0.05, 0.1) is 5.69 Å². The first kappa shape index (κ1) is 20.7. The second kappa shape index (κ2) is 9.49. The molecule has 6 nitrogen and oxygen atoms in total. The number of nitrogens with zero attached hydrogens (tertiary/aromatic N) is 4. The summed E-state index contributed by atoms with van der Waals surface area (Å²) in [6.45, 7) is 4.85. The van der Waals surface area contributed by atoms with Crippen LogP contribution in [0.4, 0.5) is 10.2 Å². The van der Waals surface area contributed by atoms with Crippen LogP contribution in [0, 0.1) is 5.82 Å². The van der Waals surface area contributed by atoms with Crippen molar-refractivity contribution in [2.24, 2.45) is 0 Å². The number of hydrogen-bond acceptors (Lipinski definition) is 5. The average molecular weight is 417 g/mol. The van der Waals surface area contributed by atoms with Gasteiger partial charge in [-0.05, 0) is 55.8 Å². The minimum absolute atomic E-state index is 0.0898. The Labute approximate surface area is 180 Å². The van der Waals surface area contributed by atoms with Crippen LogP contribution in [0.15, 0.2) is 72.9 Å². The van der Waals surface area contributed by atoms with Crippen LogP contribution in [0.1, 0.15) is 25.5 Å². The van der Waals surface area contributed by atoms with Crippen molar-refractivity contribution < 1.29 is 9.13 Å². The van der Waals surface area contributed by atoms with Crippen LogP contribution in [-0.2, 0) is 11.5 Å². The molecule has 31 heavy (non-hydrogen) atoms. The molecule has 0 unspecified atom stereocenters. The predicted molar refractivity (Wildman–Crippen MR) is 119 cm³/mol. The molecule has 4 aromatic rings. The summed E-state index contributed by atoms with van der Waals surface area (Å²) in [5, 5.41) is 12.1. The molecule has 0 aliphatic carbocycles. The summed E-state index contributed by atoms with van der Waals surface area (Å²) in [5.41, 5.74) is 4.29. The van der Waals surface area contributed by atoms with Crippen LogP contribution in [0.2, 0.25) is 0 Å². The van der Waals surface area contributed by atoms with Gasteiger partial charge in [0.2, 0.25) is 0 Å². The number of rotatable bonds is 8. The Hall–Kier alpha value is -3.58. The summed E-state index contributed by atoms with van der Waals surface area (Å²) < 4.78 is 20.7. The van der Waals surface area contributed by atoms with Gasteiger partial charge in [0.15, 0.2) is 0 Å². The smallest absolute Gasteiger partial charge is 0.141 e. The van der Waals surface area contributed by atoms with E-state index in [0.29, 0.717) is 12.3 Å². The third kappa shape index (κ3) is 4.78. The normalized spacial score (nSPS) is 12.0. The third-order valence-electron chi connectivity index (χ3n) is 4.97. The van der Waals surface area contributed by atoms with E-state index >= 15 is 0 Å². The molecule has 2 heterocycles. The number of pyridine rings is 1. The van der Waals surface area contributed by atoms with Gasteiger partial charge in [0.25, 0.3) is 0 Å².